The molecule has 0 bridgehead atoms. The SMILES string of the molecule is CC(O)c1cccc(NCC(C)(C)c2ccc3c(c2)OCCO3)n1. The van der Waals surface area contributed by atoms with E-state index in [0.29, 0.717) is 25.5 Å². The molecule has 2 N–H and O–H groups in total. The van der Waals surface area contributed by atoms with Crippen molar-refractivity contribution in [1.29, 1.82) is 0 Å². The Morgan fingerprint density at radius 2 is 1.92 bits per heavy atom. The molecule has 1 aliphatic heterocycles. The maximum Gasteiger partial charge on any atom is 0.161 e. The van der Waals surface area contributed by atoms with Gasteiger partial charge in [0, 0.05) is 12.0 Å². The molecule has 1 atom stereocenters. The lowest BCUT2D eigenvalue weighted by Crippen LogP contribution is -2.28. The van der Waals surface area contributed by atoms with E-state index in [1.165, 1.54) is 5.56 Å². The first-order valence-electron chi connectivity index (χ1n) is 8.25. The van der Waals surface area contributed by atoms with Crippen molar-refractivity contribution in [3.63, 3.8) is 0 Å². The number of pyridine rings is 1. The van der Waals surface area contributed by atoms with Crippen molar-refractivity contribution in [2.24, 2.45) is 0 Å². The normalized spacial score (nSPS) is 15.0. The molecule has 0 spiro atoms. The molecule has 1 aliphatic rings. The van der Waals surface area contributed by atoms with Crippen molar-refractivity contribution in [1.82, 2.24) is 4.98 Å². The van der Waals surface area contributed by atoms with Crippen molar-refractivity contribution < 1.29 is 14.6 Å². The smallest absolute Gasteiger partial charge is 0.161 e. The van der Waals surface area contributed by atoms with Crippen LogP contribution in [0.4, 0.5) is 5.82 Å². The van der Waals surface area contributed by atoms with Gasteiger partial charge in [0.15, 0.2) is 11.5 Å². The highest BCUT2D eigenvalue weighted by Gasteiger charge is 2.23. The molecule has 5 heteroatoms. The number of rotatable bonds is 5. The van der Waals surface area contributed by atoms with Gasteiger partial charge in [-0.2, -0.15) is 0 Å². The van der Waals surface area contributed by atoms with Crippen LogP contribution >= 0.6 is 0 Å². The first kappa shape index (κ1) is 16.6. The molecule has 0 saturated heterocycles. The summed E-state index contributed by atoms with van der Waals surface area (Å²) in [6.45, 7) is 7.95. The predicted octanol–water partition coefficient (Wildman–Crippen LogP) is 3.30. The molecule has 2 aromatic rings. The minimum Gasteiger partial charge on any atom is -0.486 e. The Kier molecular flexibility index (Phi) is 4.62. The van der Waals surface area contributed by atoms with Gasteiger partial charge < -0.3 is 19.9 Å². The first-order valence-corrected chi connectivity index (χ1v) is 8.25. The second-order valence-electron chi connectivity index (χ2n) is 6.72. The van der Waals surface area contributed by atoms with Gasteiger partial charge in [-0.1, -0.05) is 26.0 Å². The lowest BCUT2D eigenvalue weighted by molar-refractivity contribution is 0.171. The molecule has 0 radical (unpaired) electrons. The van der Waals surface area contributed by atoms with Gasteiger partial charge in [-0.15, -0.1) is 0 Å². The summed E-state index contributed by atoms with van der Waals surface area (Å²) in [5, 5.41) is 13.0. The molecule has 0 saturated carbocycles. The minimum absolute atomic E-state index is 0.113. The van der Waals surface area contributed by atoms with Crippen LogP contribution in [-0.4, -0.2) is 29.8 Å². The van der Waals surface area contributed by atoms with Crippen LogP contribution in [0.1, 0.15) is 38.1 Å². The number of aromatic nitrogens is 1. The molecule has 1 aromatic carbocycles. The zero-order valence-corrected chi connectivity index (χ0v) is 14.4. The summed E-state index contributed by atoms with van der Waals surface area (Å²) in [5.74, 6) is 2.38. The van der Waals surface area contributed by atoms with Crippen LogP contribution in [-0.2, 0) is 5.41 Å². The molecule has 0 amide bonds. The summed E-state index contributed by atoms with van der Waals surface area (Å²) in [4.78, 5) is 4.43. The monoisotopic (exact) mass is 328 g/mol. The predicted molar refractivity (Wildman–Crippen MR) is 93.8 cm³/mol. The van der Waals surface area contributed by atoms with E-state index in [1.54, 1.807) is 6.92 Å². The summed E-state index contributed by atoms with van der Waals surface area (Å²) in [5.41, 5.74) is 1.72. The Hall–Kier alpha value is -2.27. The highest BCUT2D eigenvalue weighted by atomic mass is 16.6. The van der Waals surface area contributed by atoms with Gasteiger partial charge in [-0.25, -0.2) is 4.98 Å². The van der Waals surface area contributed by atoms with E-state index in [-0.39, 0.29) is 5.41 Å². The van der Waals surface area contributed by atoms with Gasteiger partial charge in [0.2, 0.25) is 0 Å². The van der Waals surface area contributed by atoms with Gasteiger partial charge in [-0.3, -0.25) is 0 Å². The molecule has 5 nitrogen and oxygen atoms in total. The second-order valence-corrected chi connectivity index (χ2v) is 6.72. The van der Waals surface area contributed by atoms with Crippen LogP contribution in [0.5, 0.6) is 11.5 Å². The Labute approximate surface area is 142 Å². The Bertz CT molecular complexity index is 714. The van der Waals surface area contributed by atoms with Crippen LogP contribution in [0.2, 0.25) is 0 Å². The van der Waals surface area contributed by atoms with Crippen LogP contribution in [0.25, 0.3) is 0 Å². The lowest BCUT2D eigenvalue weighted by atomic mass is 9.84. The molecular weight excluding hydrogens is 304 g/mol. The number of fused-ring (bicyclic) bond motifs is 1. The van der Waals surface area contributed by atoms with Crippen molar-refractivity contribution >= 4 is 5.82 Å². The molecule has 24 heavy (non-hydrogen) atoms. The molecular formula is C19H24N2O3. The summed E-state index contributed by atoms with van der Waals surface area (Å²) in [7, 11) is 0. The number of benzene rings is 1. The Morgan fingerprint density at radius 3 is 2.67 bits per heavy atom. The molecule has 1 aromatic heterocycles. The van der Waals surface area contributed by atoms with E-state index < -0.39 is 6.10 Å². The molecule has 2 heterocycles. The summed E-state index contributed by atoms with van der Waals surface area (Å²) < 4.78 is 11.3. The zero-order chi connectivity index (χ0) is 17.2. The highest BCUT2D eigenvalue weighted by Crippen LogP contribution is 2.35. The van der Waals surface area contributed by atoms with Crippen molar-refractivity contribution in [2.75, 3.05) is 25.1 Å². The third kappa shape index (κ3) is 3.62. The number of ether oxygens (including phenoxy) is 2. The minimum atomic E-state index is -0.572. The fraction of sp³-hybridized carbons (Fsp3) is 0.421. The largest absolute Gasteiger partial charge is 0.486 e. The molecule has 1 unspecified atom stereocenters. The molecule has 0 aliphatic carbocycles. The van der Waals surface area contributed by atoms with E-state index in [1.807, 2.05) is 24.3 Å². The van der Waals surface area contributed by atoms with Crippen LogP contribution in [0.3, 0.4) is 0 Å². The van der Waals surface area contributed by atoms with E-state index in [2.05, 4.69) is 36.3 Å². The van der Waals surface area contributed by atoms with Crippen molar-refractivity contribution in [3.8, 4) is 11.5 Å². The second kappa shape index (κ2) is 6.69. The number of nitrogens with zero attached hydrogens (tertiary/aromatic N) is 1. The Balaban J connectivity index is 1.73. The van der Waals surface area contributed by atoms with Crippen molar-refractivity contribution in [2.45, 2.75) is 32.3 Å². The fourth-order valence-corrected chi connectivity index (χ4v) is 2.66. The summed E-state index contributed by atoms with van der Waals surface area (Å²) in [6, 6.07) is 11.7. The van der Waals surface area contributed by atoms with Gasteiger partial charge in [0.25, 0.3) is 0 Å². The maximum absolute atomic E-state index is 9.65. The number of hydrogen-bond acceptors (Lipinski definition) is 5. The number of aliphatic hydroxyl groups is 1. The average molecular weight is 328 g/mol. The summed E-state index contributed by atoms with van der Waals surface area (Å²) >= 11 is 0. The third-order valence-electron chi connectivity index (χ3n) is 4.23. The zero-order valence-electron chi connectivity index (χ0n) is 14.4. The van der Waals surface area contributed by atoms with Gasteiger partial charge in [-0.05, 0) is 36.8 Å². The quantitative estimate of drug-likeness (QED) is 0.882. The maximum atomic E-state index is 9.65. The van der Waals surface area contributed by atoms with Crippen LogP contribution in [0, 0.1) is 0 Å². The number of hydrogen-bond donors (Lipinski definition) is 2. The van der Waals surface area contributed by atoms with E-state index in [0.717, 1.165) is 17.3 Å². The van der Waals surface area contributed by atoms with Crippen LogP contribution in [0.15, 0.2) is 36.4 Å². The summed E-state index contributed by atoms with van der Waals surface area (Å²) in [6.07, 6.45) is -0.572. The first-order chi connectivity index (χ1) is 11.5. The number of aliphatic hydroxyl groups excluding tert-OH is 1. The van der Waals surface area contributed by atoms with E-state index in [4.69, 9.17) is 9.47 Å². The standard InChI is InChI=1S/C19H24N2O3/c1-13(22)15-5-4-6-18(21-15)20-12-19(2,3)14-7-8-16-17(11-14)24-10-9-23-16/h4-8,11,13,22H,9-10,12H2,1-3H3,(H,20,21). The van der Waals surface area contributed by atoms with Gasteiger partial charge in [0.05, 0.1) is 11.8 Å². The van der Waals surface area contributed by atoms with E-state index in [9.17, 15) is 5.11 Å². The topological polar surface area (TPSA) is 63.6 Å². The van der Waals surface area contributed by atoms with Gasteiger partial charge in [0.1, 0.15) is 19.0 Å². The molecule has 0 fully saturated rings. The molecule has 128 valence electrons. The van der Waals surface area contributed by atoms with E-state index >= 15 is 0 Å². The highest BCUT2D eigenvalue weighted by molar-refractivity contribution is 5.46. The number of anilines is 1. The molecule has 3 rings (SSSR count). The lowest BCUT2D eigenvalue weighted by Gasteiger charge is -2.28. The van der Waals surface area contributed by atoms with Crippen LogP contribution < -0.4 is 14.8 Å². The Morgan fingerprint density at radius 1 is 1.17 bits per heavy atom. The number of nitrogens with one attached hydrogen (secondary N) is 1. The average Bonchev–Trinajstić information content (AvgIpc) is 2.60. The fourth-order valence-electron chi connectivity index (χ4n) is 2.66. The van der Waals surface area contributed by atoms with Crippen molar-refractivity contribution in [3.05, 3.63) is 47.7 Å². The third-order valence-corrected chi connectivity index (χ3v) is 4.23. The van der Waals surface area contributed by atoms with Gasteiger partial charge >= 0.3 is 0 Å².